The lowest BCUT2D eigenvalue weighted by atomic mass is 10.2. The molecule has 3 aromatic rings. The first-order valence-corrected chi connectivity index (χ1v) is 6.53. The highest BCUT2D eigenvalue weighted by Crippen LogP contribution is 2.26. The van der Waals surface area contributed by atoms with E-state index in [0.717, 1.165) is 11.1 Å². The van der Waals surface area contributed by atoms with Crippen LogP contribution in [0.4, 0.5) is 15.9 Å². The zero-order chi connectivity index (χ0) is 12.5. The molecule has 0 aliphatic heterocycles. The van der Waals surface area contributed by atoms with Crippen molar-refractivity contribution in [3.05, 3.63) is 52.7 Å². The second-order valence-corrected chi connectivity index (χ2v) is 5.17. The maximum absolute atomic E-state index is 13.6. The van der Waals surface area contributed by atoms with Crippen molar-refractivity contribution < 1.29 is 4.39 Å². The molecule has 3 rings (SSSR count). The van der Waals surface area contributed by atoms with Gasteiger partial charge in [0.15, 0.2) is 11.6 Å². The van der Waals surface area contributed by atoms with Crippen molar-refractivity contribution in [2.75, 3.05) is 5.32 Å². The highest BCUT2D eigenvalue weighted by Gasteiger charge is 2.05. The smallest absolute Gasteiger partial charge is 0.167 e. The molecule has 5 heteroatoms. The van der Waals surface area contributed by atoms with E-state index in [1.54, 1.807) is 11.3 Å². The maximum Gasteiger partial charge on any atom is 0.167 e. The number of hydrogen-bond donors (Lipinski definition) is 1. The fourth-order valence-electron chi connectivity index (χ4n) is 1.69. The number of nitrogens with one attached hydrogen (secondary N) is 1. The third kappa shape index (κ3) is 2.17. The van der Waals surface area contributed by atoms with Crippen molar-refractivity contribution >= 4 is 44.5 Å². The second-order valence-electron chi connectivity index (χ2n) is 3.78. The van der Waals surface area contributed by atoms with E-state index in [1.807, 2.05) is 29.6 Å². The Balaban J connectivity index is 1.95. The van der Waals surface area contributed by atoms with E-state index < -0.39 is 5.82 Å². The molecule has 0 fully saturated rings. The summed E-state index contributed by atoms with van der Waals surface area (Å²) in [6.07, 6.45) is 1.41. The molecule has 0 bridgehead atoms. The SMILES string of the molecule is Fc1cc(Cl)cnc1Nc1ccc2sccc2c1. The summed E-state index contributed by atoms with van der Waals surface area (Å²) in [6, 6.07) is 9.11. The largest absolute Gasteiger partial charge is 0.338 e. The van der Waals surface area contributed by atoms with Crippen LogP contribution >= 0.6 is 22.9 Å². The summed E-state index contributed by atoms with van der Waals surface area (Å²) in [5.41, 5.74) is 0.801. The first-order valence-electron chi connectivity index (χ1n) is 5.28. The molecule has 18 heavy (non-hydrogen) atoms. The number of nitrogens with zero attached hydrogens (tertiary/aromatic N) is 1. The highest BCUT2D eigenvalue weighted by atomic mass is 35.5. The fourth-order valence-corrected chi connectivity index (χ4v) is 2.60. The molecule has 0 atom stereocenters. The number of pyridine rings is 1. The van der Waals surface area contributed by atoms with Crippen LogP contribution in [-0.4, -0.2) is 4.98 Å². The minimum absolute atomic E-state index is 0.175. The molecular weight excluding hydrogens is 271 g/mol. The zero-order valence-electron chi connectivity index (χ0n) is 9.15. The number of halogens is 2. The van der Waals surface area contributed by atoms with Gasteiger partial charge in [-0.05, 0) is 41.1 Å². The lowest BCUT2D eigenvalue weighted by molar-refractivity contribution is 0.626. The second kappa shape index (κ2) is 4.55. The summed E-state index contributed by atoms with van der Waals surface area (Å²) in [5, 5.41) is 6.37. The Bertz CT molecular complexity index is 711. The van der Waals surface area contributed by atoms with Crippen molar-refractivity contribution in [1.82, 2.24) is 4.98 Å². The zero-order valence-corrected chi connectivity index (χ0v) is 10.7. The molecule has 2 nitrogen and oxygen atoms in total. The Labute approximate surface area is 112 Å². The third-order valence-electron chi connectivity index (χ3n) is 2.52. The van der Waals surface area contributed by atoms with Gasteiger partial charge in [0.05, 0.1) is 5.02 Å². The Morgan fingerprint density at radius 2 is 2.11 bits per heavy atom. The fraction of sp³-hybridized carbons (Fsp3) is 0. The Hall–Kier alpha value is -1.65. The standard InChI is InChI=1S/C13H8ClFN2S/c14-9-6-11(15)13(16-7-9)17-10-1-2-12-8(5-10)3-4-18-12/h1-7H,(H,16,17). The molecule has 1 aromatic carbocycles. The molecule has 0 unspecified atom stereocenters. The number of thiophene rings is 1. The van der Waals surface area contributed by atoms with Gasteiger partial charge in [0.25, 0.3) is 0 Å². The molecule has 0 radical (unpaired) electrons. The molecule has 0 saturated heterocycles. The normalized spacial score (nSPS) is 10.8. The number of rotatable bonds is 2. The van der Waals surface area contributed by atoms with Gasteiger partial charge in [0, 0.05) is 16.6 Å². The van der Waals surface area contributed by atoms with E-state index in [2.05, 4.69) is 10.3 Å². The number of fused-ring (bicyclic) bond motifs is 1. The van der Waals surface area contributed by atoms with E-state index in [4.69, 9.17) is 11.6 Å². The van der Waals surface area contributed by atoms with E-state index in [-0.39, 0.29) is 10.8 Å². The van der Waals surface area contributed by atoms with Gasteiger partial charge in [-0.25, -0.2) is 9.37 Å². The van der Waals surface area contributed by atoms with Crippen molar-refractivity contribution in [1.29, 1.82) is 0 Å². The minimum Gasteiger partial charge on any atom is -0.338 e. The maximum atomic E-state index is 13.6. The molecular formula is C13H8ClFN2S. The number of anilines is 2. The summed E-state index contributed by atoms with van der Waals surface area (Å²) in [7, 11) is 0. The van der Waals surface area contributed by atoms with Crippen LogP contribution in [0.25, 0.3) is 10.1 Å². The number of hydrogen-bond acceptors (Lipinski definition) is 3. The van der Waals surface area contributed by atoms with E-state index in [0.29, 0.717) is 0 Å². The molecule has 2 heterocycles. The van der Waals surface area contributed by atoms with Crippen LogP contribution in [0.5, 0.6) is 0 Å². The minimum atomic E-state index is -0.465. The Morgan fingerprint density at radius 3 is 2.94 bits per heavy atom. The van der Waals surface area contributed by atoms with Gasteiger partial charge in [0.1, 0.15) is 0 Å². The van der Waals surface area contributed by atoms with Gasteiger partial charge in [-0.3, -0.25) is 0 Å². The molecule has 0 aliphatic rings. The van der Waals surface area contributed by atoms with Crippen LogP contribution in [-0.2, 0) is 0 Å². The van der Waals surface area contributed by atoms with Crippen LogP contribution in [0.15, 0.2) is 41.9 Å². The van der Waals surface area contributed by atoms with Crippen LogP contribution < -0.4 is 5.32 Å². The van der Waals surface area contributed by atoms with Crippen molar-refractivity contribution in [3.63, 3.8) is 0 Å². The van der Waals surface area contributed by atoms with Crippen LogP contribution in [0.1, 0.15) is 0 Å². The van der Waals surface area contributed by atoms with Gasteiger partial charge < -0.3 is 5.32 Å². The van der Waals surface area contributed by atoms with Gasteiger partial charge in [-0.1, -0.05) is 11.6 Å². The number of benzene rings is 1. The van der Waals surface area contributed by atoms with Crippen LogP contribution in [0, 0.1) is 5.82 Å². The topological polar surface area (TPSA) is 24.9 Å². The molecule has 1 N–H and O–H groups in total. The van der Waals surface area contributed by atoms with E-state index in [1.165, 1.54) is 17.0 Å². The third-order valence-corrected chi connectivity index (χ3v) is 3.63. The van der Waals surface area contributed by atoms with E-state index in [9.17, 15) is 4.39 Å². The van der Waals surface area contributed by atoms with Crippen molar-refractivity contribution in [2.45, 2.75) is 0 Å². The van der Waals surface area contributed by atoms with Gasteiger partial charge in [-0.15, -0.1) is 11.3 Å². The van der Waals surface area contributed by atoms with E-state index >= 15 is 0 Å². The Morgan fingerprint density at radius 1 is 1.22 bits per heavy atom. The molecule has 90 valence electrons. The monoisotopic (exact) mass is 278 g/mol. The predicted molar refractivity (Wildman–Crippen MR) is 74.3 cm³/mol. The average molecular weight is 279 g/mol. The average Bonchev–Trinajstić information content (AvgIpc) is 2.80. The summed E-state index contributed by atoms with van der Waals surface area (Å²) < 4.78 is 14.8. The summed E-state index contributed by atoms with van der Waals surface area (Å²) in [6.45, 7) is 0. The number of aromatic nitrogens is 1. The molecule has 2 aromatic heterocycles. The van der Waals surface area contributed by atoms with Gasteiger partial charge in [0.2, 0.25) is 0 Å². The molecule has 0 saturated carbocycles. The predicted octanol–water partition coefficient (Wildman–Crippen LogP) is 4.83. The summed E-state index contributed by atoms with van der Waals surface area (Å²) >= 11 is 7.33. The highest BCUT2D eigenvalue weighted by molar-refractivity contribution is 7.17. The summed E-state index contributed by atoms with van der Waals surface area (Å²) in [4.78, 5) is 3.93. The molecule has 0 amide bonds. The first kappa shape index (κ1) is 11.4. The summed E-state index contributed by atoms with van der Waals surface area (Å²) in [5.74, 6) is -0.290. The lowest BCUT2D eigenvalue weighted by Gasteiger charge is -2.06. The Kier molecular flexibility index (Phi) is 2.89. The lowest BCUT2D eigenvalue weighted by Crippen LogP contribution is -1.96. The van der Waals surface area contributed by atoms with Gasteiger partial charge >= 0.3 is 0 Å². The first-order chi connectivity index (χ1) is 8.72. The molecule has 0 aliphatic carbocycles. The van der Waals surface area contributed by atoms with Crippen molar-refractivity contribution in [3.8, 4) is 0 Å². The molecule has 0 spiro atoms. The van der Waals surface area contributed by atoms with Gasteiger partial charge in [-0.2, -0.15) is 0 Å². The van der Waals surface area contributed by atoms with Crippen LogP contribution in [0.3, 0.4) is 0 Å². The van der Waals surface area contributed by atoms with Crippen LogP contribution in [0.2, 0.25) is 5.02 Å². The van der Waals surface area contributed by atoms with Crippen molar-refractivity contribution in [2.24, 2.45) is 0 Å². The quantitative estimate of drug-likeness (QED) is 0.726.